The molecule has 0 radical (unpaired) electrons. The Balaban J connectivity index is 2.14. The van der Waals surface area contributed by atoms with E-state index in [-0.39, 0.29) is 17.1 Å². The lowest BCUT2D eigenvalue weighted by atomic mass is 10.1. The fourth-order valence-electron chi connectivity index (χ4n) is 1.98. The van der Waals surface area contributed by atoms with Crippen molar-refractivity contribution in [3.8, 4) is 0 Å². The summed E-state index contributed by atoms with van der Waals surface area (Å²) in [5, 5.41) is 6.39. The van der Waals surface area contributed by atoms with E-state index in [4.69, 9.17) is 5.73 Å². The Morgan fingerprint density at radius 3 is 2.48 bits per heavy atom. The summed E-state index contributed by atoms with van der Waals surface area (Å²) in [6.07, 6.45) is 4.77. The maximum atomic E-state index is 12.1. The number of nitrogens with one attached hydrogen (secondary N) is 2. The van der Waals surface area contributed by atoms with E-state index in [2.05, 4.69) is 10.6 Å². The molecule has 1 heterocycles. The first kappa shape index (κ1) is 15.6. The number of carbonyl (C=O) groups is 3. The normalized spacial score (nSPS) is 20.2. The summed E-state index contributed by atoms with van der Waals surface area (Å²) in [5.74, 6) is -0.132. The molecule has 1 aliphatic carbocycles. The molecule has 6 nitrogen and oxygen atoms in total. The second kappa shape index (κ2) is 5.93. The molecule has 4 N–H and O–H groups in total. The Hall–Kier alpha value is -1.76. The Kier molecular flexibility index (Phi) is 4.41. The van der Waals surface area contributed by atoms with Crippen molar-refractivity contribution in [2.24, 2.45) is 11.1 Å². The third-order valence-corrected chi connectivity index (χ3v) is 4.70. The Morgan fingerprint density at radius 1 is 1.29 bits per heavy atom. The highest BCUT2D eigenvalue weighted by atomic mass is 32.2. The second-order valence-electron chi connectivity index (χ2n) is 5.58. The number of rotatable bonds is 4. The fraction of sp³-hybridized carbons (Fsp3) is 0.500. The van der Waals surface area contributed by atoms with Gasteiger partial charge < -0.3 is 16.4 Å². The first-order valence-corrected chi connectivity index (χ1v) is 7.63. The van der Waals surface area contributed by atoms with Gasteiger partial charge in [-0.05, 0) is 32.6 Å². The summed E-state index contributed by atoms with van der Waals surface area (Å²) in [5.41, 5.74) is 5.39. The number of urea groups is 1. The van der Waals surface area contributed by atoms with Crippen LogP contribution in [0.5, 0.6) is 0 Å². The number of nitrogens with two attached hydrogens (primary N) is 1. The van der Waals surface area contributed by atoms with E-state index in [1.807, 2.05) is 13.0 Å². The minimum absolute atomic E-state index is 0.0223. The molecule has 1 saturated carbocycles. The van der Waals surface area contributed by atoms with Gasteiger partial charge in [-0.25, -0.2) is 4.79 Å². The number of ketones is 1. The van der Waals surface area contributed by atoms with Gasteiger partial charge in [-0.3, -0.25) is 9.59 Å². The molecular weight excluding hydrogens is 290 g/mol. The van der Waals surface area contributed by atoms with Crippen molar-refractivity contribution < 1.29 is 14.4 Å². The SMILES string of the molecule is CC(=O)C1=C(NC(N)=O)SC(NC(=O)C2(C)CC2)=CCC1. The van der Waals surface area contributed by atoms with Crippen molar-refractivity contribution in [1.29, 1.82) is 0 Å². The van der Waals surface area contributed by atoms with E-state index in [1.54, 1.807) is 0 Å². The van der Waals surface area contributed by atoms with E-state index < -0.39 is 6.03 Å². The number of thioether (sulfide) groups is 1. The van der Waals surface area contributed by atoms with Crippen molar-refractivity contribution in [2.45, 2.75) is 39.5 Å². The van der Waals surface area contributed by atoms with Crippen LogP contribution >= 0.6 is 11.8 Å². The topological polar surface area (TPSA) is 101 Å². The van der Waals surface area contributed by atoms with Crippen molar-refractivity contribution in [3.05, 3.63) is 21.7 Å². The standard InChI is InChI=1S/C14H19N3O3S/c1-8(18)9-4-3-5-10(21-11(9)17-13(15)20)16-12(19)14(2)6-7-14/h5H,3-4,6-7H2,1-2H3,(H,16,19)(H3,15,17,20). The van der Waals surface area contributed by atoms with Crippen LogP contribution in [0.2, 0.25) is 0 Å². The molecule has 0 atom stereocenters. The van der Waals surface area contributed by atoms with Gasteiger partial charge in [0.05, 0.1) is 10.1 Å². The van der Waals surface area contributed by atoms with E-state index >= 15 is 0 Å². The van der Waals surface area contributed by atoms with Crippen LogP contribution in [-0.2, 0) is 9.59 Å². The summed E-state index contributed by atoms with van der Waals surface area (Å²) >= 11 is 1.17. The van der Waals surface area contributed by atoms with Crippen molar-refractivity contribution >= 4 is 29.5 Å². The summed E-state index contributed by atoms with van der Waals surface area (Å²) < 4.78 is 0. The molecule has 1 fully saturated rings. The number of Topliss-reactive ketones (excluding diaryl/α,β-unsaturated/α-hetero) is 1. The third-order valence-electron chi connectivity index (χ3n) is 3.66. The zero-order valence-corrected chi connectivity index (χ0v) is 12.9. The van der Waals surface area contributed by atoms with Gasteiger partial charge in [-0.1, -0.05) is 24.8 Å². The smallest absolute Gasteiger partial charge is 0.317 e. The van der Waals surface area contributed by atoms with Gasteiger partial charge >= 0.3 is 6.03 Å². The van der Waals surface area contributed by atoms with Gasteiger partial charge in [0.15, 0.2) is 5.78 Å². The first-order valence-electron chi connectivity index (χ1n) is 6.82. The predicted molar refractivity (Wildman–Crippen MR) is 80.8 cm³/mol. The number of hydrogen-bond acceptors (Lipinski definition) is 4. The lowest BCUT2D eigenvalue weighted by molar-refractivity contribution is -0.124. The van der Waals surface area contributed by atoms with Crippen LogP contribution in [0.15, 0.2) is 21.7 Å². The molecular formula is C14H19N3O3S. The zero-order valence-electron chi connectivity index (χ0n) is 12.1. The van der Waals surface area contributed by atoms with E-state index in [9.17, 15) is 14.4 Å². The average Bonchev–Trinajstić information content (AvgIpc) is 3.13. The molecule has 0 aromatic rings. The van der Waals surface area contributed by atoms with Crippen molar-refractivity contribution in [2.75, 3.05) is 0 Å². The molecule has 2 aliphatic rings. The highest BCUT2D eigenvalue weighted by Crippen LogP contribution is 2.45. The summed E-state index contributed by atoms with van der Waals surface area (Å²) in [4.78, 5) is 34.9. The van der Waals surface area contributed by atoms with Crippen molar-refractivity contribution in [1.82, 2.24) is 10.6 Å². The molecule has 0 bridgehead atoms. The number of amides is 3. The molecule has 114 valence electrons. The Labute approximate surface area is 127 Å². The van der Waals surface area contributed by atoms with Gasteiger partial charge in [0.2, 0.25) is 5.91 Å². The lowest BCUT2D eigenvalue weighted by Gasteiger charge is -2.14. The number of hydrogen-bond donors (Lipinski definition) is 3. The molecule has 3 amide bonds. The number of carbonyl (C=O) groups excluding carboxylic acids is 3. The minimum Gasteiger partial charge on any atom is -0.351 e. The summed E-state index contributed by atoms with van der Waals surface area (Å²) in [7, 11) is 0. The quantitative estimate of drug-likeness (QED) is 0.736. The molecule has 0 saturated heterocycles. The van der Waals surface area contributed by atoms with Crippen LogP contribution in [0.25, 0.3) is 0 Å². The Bertz CT molecular complexity index is 562. The molecule has 0 spiro atoms. The van der Waals surface area contributed by atoms with Crippen LogP contribution in [0.4, 0.5) is 4.79 Å². The maximum Gasteiger partial charge on any atom is 0.317 e. The largest absolute Gasteiger partial charge is 0.351 e. The summed E-state index contributed by atoms with van der Waals surface area (Å²) in [6, 6.07) is -0.724. The van der Waals surface area contributed by atoms with E-state index in [1.165, 1.54) is 18.7 Å². The van der Waals surface area contributed by atoms with Crippen LogP contribution in [0.3, 0.4) is 0 Å². The highest BCUT2D eigenvalue weighted by molar-refractivity contribution is 8.06. The number of allylic oxidation sites excluding steroid dienone is 2. The second-order valence-corrected chi connectivity index (χ2v) is 6.63. The van der Waals surface area contributed by atoms with Gasteiger partial charge in [0, 0.05) is 11.0 Å². The zero-order chi connectivity index (χ0) is 15.6. The molecule has 21 heavy (non-hydrogen) atoms. The van der Waals surface area contributed by atoms with E-state index in [0.717, 1.165) is 12.8 Å². The van der Waals surface area contributed by atoms with Gasteiger partial charge in [0.1, 0.15) is 0 Å². The number of primary amides is 1. The van der Waals surface area contributed by atoms with Gasteiger partial charge in [-0.15, -0.1) is 0 Å². The molecule has 1 aliphatic heterocycles. The molecule has 0 aromatic carbocycles. The van der Waals surface area contributed by atoms with E-state index in [0.29, 0.717) is 28.5 Å². The first-order chi connectivity index (χ1) is 9.82. The third kappa shape index (κ3) is 3.87. The predicted octanol–water partition coefficient (Wildman–Crippen LogP) is 1.74. The van der Waals surface area contributed by atoms with Crippen LogP contribution in [-0.4, -0.2) is 17.7 Å². The highest BCUT2D eigenvalue weighted by Gasteiger charge is 2.45. The van der Waals surface area contributed by atoms with Gasteiger partial charge in [0.25, 0.3) is 0 Å². The minimum atomic E-state index is -0.724. The van der Waals surface area contributed by atoms with Gasteiger partial charge in [-0.2, -0.15) is 0 Å². The molecule has 0 aromatic heterocycles. The van der Waals surface area contributed by atoms with Crippen LogP contribution < -0.4 is 16.4 Å². The maximum absolute atomic E-state index is 12.1. The monoisotopic (exact) mass is 309 g/mol. The molecule has 7 heteroatoms. The van der Waals surface area contributed by atoms with Crippen LogP contribution in [0, 0.1) is 5.41 Å². The van der Waals surface area contributed by atoms with Crippen molar-refractivity contribution in [3.63, 3.8) is 0 Å². The summed E-state index contributed by atoms with van der Waals surface area (Å²) in [6.45, 7) is 3.37. The fourth-order valence-corrected chi connectivity index (χ4v) is 3.06. The average molecular weight is 309 g/mol. The molecule has 0 unspecified atom stereocenters. The Morgan fingerprint density at radius 2 is 1.95 bits per heavy atom. The van der Waals surface area contributed by atoms with Crippen LogP contribution in [0.1, 0.15) is 39.5 Å². The molecule has 2 rings (SSSR count). The lowest BCUT2D eigenvalue weighted by Crippen LogP contribution is -2.31.